The minimum atomic E-state index is -0.338. The van der Waals surface area contributed by atoms with Crippen molar-refractivity contribution in [2.24, 2.45) is 0 Å². The summed E-state index contributed by atoms with van der Waals surface area (Å²) in [5.41, 5.74) is 0.334. The van der Waals surface area contributed by atoms with E-state index in [0.29, 0.717) is 11.4 Å². The highest BCUT2D eigenvalue weighted by Crippen LogP contribution is 2.15. The van der Waals surface area contributed by atoms with Crippen LogP contribution in [0.3, 0.4) is 0 Å². The monoisotopic (exact) mass is 267 g/mol. The summed E-state index contributed by atoms with van der Waals surface area (Å²) in [5.74, 6) is 0.122. The van der Waals surface area contributed by atoms with Crippen LogP contribution in [0.5, 0.6) is 0 Å². The van der Waals surface area contributed by atoms with Crippen LogP contribution >= 0.6 is 23.2 Å². The summed E-state index contributed by atoms with van der Waals surface area (Å²) >= 11 is 11.4. The smallest absolute Gasteiger partial charge is 0.257 e. The van der Waals surface area contributed by atoms with E-state index < -0.39 is 0 Å². The first-order valence-corrected chi connectivity index (χ1v) is 5.46. The highest BCUT2D eigenvalue weighted by Gasteiger charge is 2.09. The van der Waals surface area contributed by atoms with Gasteiger partial charge in [-0.1, -0.05) is 29.3 Å². The predicted molar refractivity (Wildman–Crippen MR) is 66.4 cm³/mol. The maximum atomic E-state index is 11.8. The number of anilines is 1. The molecule has 0 atom stereocenters. The predicted octanol–water partition coefficient (Wildman–Crippen LogP) is 3.04. The molecule has 0 aromatic carbocycles. The van der Waals surface area contributed by atoms with Crippen molar-refractivity contribution < 1.29 is 4.79 Å². The Kier molecular flexibility index (Phi) is 3.56. The zero-order valence-electron chi connectivity index (χ0n) is 8.52. The van der Waals surface area contributed by atoms with Crippen LogP contribution in [0, 0.1) is 0 Å². The molecule has 0 aliphatic carbocycles. The number of pyridine rings is 2. The fourth-order valence-electron chi connectivity index (χ4n) is 1.22. The van der Waals surface area contributed by atoms with Crippen molar-refractivity contribution >= 4 is 34.9 Å². The first-order chi connectivity index (χ1) is 8.15. The van der Waals surface area contributed by atoms with Gasteiger partial charge in [0.1, 0.15) is 16.1 Å². The summed E-state index contributed by atoms with van der Waals surface area (Å²) < 4.78 is 0. The first kappa shape index (κ1) is 11.8. The normalized spacial score (nSPS) is 10.0. The second-order valence-corrected chi connectivity index (χ2v) is 3.94. The van der Waals surface area contributed by atoms with Crippen LogP contribution in [0.15, 0.2) is 36.5 Å². The van der Waals surface area contributed by atoms with E-state index in [4.69, 9.17) is 23.2 Å². The average Bonchev–Trinajstić information content (AvgIpc) is 2.29. The molecule has 17 heavy (non-hydrogen) atoms. The quantitative estimate of drug-likeness (QED) is 0.851. The Bertz CT molecular complexity index is 525. The van der Waals surface area contributed by atoms with Crippen molar-refractivity contribution in [2.45, 2.75) is 0 Å². The highest BCUT2D eigenvalue weighted by atomic mass is 35.5. The van der Waals surface area contributed by atoms with Gasteiger partial charge >= 0.3 is 0 Å². The molecule has 2 rings (SSSR count). The molecule has 1 amide bonds. The second-order valence-electron chi connectivity index (χ2n) is 3.17. The van der Waals surface area contributed by atoms with Crippen molar-refractivity contribution in [1.82, 2.24) is 9.97 Å². The molecule has 0 radical (unpaired) electrons. The van der Waals surface area contributed by atoms with Crippen molar-refractivity contribution in [3.05, 3.63) is 52.4 Å². The van der Waals surface area contributed by atoms with Gasteiger partial charge in [-0.2, -0.15) is 0 Å². The fourth-order valence-corrected chi connectivity index (χ4v) is 1.68. The molecule has 0 bridgehead atoms. The third-order valence-corrected chi connectivity index (χ3v) is 2.32. The maximum absolute atomic E-state index is 11.8. The van der Waals surface area contributed by atoms with Gasteiger partial charge in [-0.3, -0.25) is 4.79 Å². The lowest BCUT2D eigenvalue weighted by molar-refractivity contribution is 0.102. The summed E-state index contributed by atoms with van der Waals surface area (Å²) in [6, 6.07) is 8.09. The topological polar surface area (TPSA) is 54.9 Å². The Labute approximate surface area is 108 Å². The number of nitrogens with zero attached hydrogens (tertiary/aromatic N) is 2. The summed E-state index contributed by atoms with van der Waals surface area (Å²) in [5, 5.41) is 2.96. The zero-order valence-corrected chi connectivity index (χ0v) is 10.0. The number of rotatable bonds is 2. The highest BCUT2D eigenvalue weighted by molar-refractivity contribution is 6.33. The van der Waals surface area contributed by atoms with Gasteiger partial charge in [0.15, 0.2) is 0 Å². The van der Waals surface area contributed by atoms with Crippen LogP contribution in [0.1, 0.15) is 10.4 Å². The lowest BCUT2D eigenvalue weighted by atomic mass is 10.2. The van der Waals surface area contributed by atoms with Gasteiger partial charge in [0, 0.05) is 11.8 Å². The van der Waals surface area contributed by atoms with E-state index in [1.165, 1.54) is 12.1 Å². The molecule has 0 aliphatic rings. The van der Waals surface area contributed by atoms with E-state index in [1.54, 1.807) is 24.4 Å². The number of carbonyl (C=O) groups is 1. The minimum absolute atomic E-state index is 0.170. The molecular weight excluding hydrogens is 261 g/mol. The van der Waals surface area contributed by atoms with Crippen molar-refractivity contribution in [2.75, 3.05) is 5.32 Å². The molecule has 2 heterocycles. The van der Waals surface area contributed by atoms with Crippen LogP contribution in [0.4, 0.5) is 5.82 Å². The van der Waals surface area contributed by atoms with Gasteiger partial charge in [-0.15, -0.1) is 0 Å². The molecule has 0 unspecified atom stereocenters. The Morgan fingerprint density at radius 2 is 1.88 bits per heavy atom. The van der Waals surface area contributed by atoms with Gasteiger partial charge in [0.05, 0.1) is 0 Å². The summed E-state index contributed by atoms with van der Waals surface area (Å²) in [4.78, 5) is 19.6. The lowest BCUT2D eigenvalue weighted by Gasteiger charge is -2.04. The van der Waals surface area contributed by atoms with E-state index in [2.05, 4.69) is 15.3 Å². The third-order valence-electron chi connectivity index (χ3n) is 1.93. The zero-order chi connectivity index (χ0) is 12.3. The molecule has 1 N–H and O–H groups in total. The number of hydrogen-bond donors (Lipinski definition) is 1. The molecule has 4 nitrogen and oxygen atoms in total. The van der Waals surface area contributed by atoms with Gasteiger partial charge in [0.2, 0.25) is 0 Å². The molecular formula is C11H7Cl2N3O. The molecule has 0 saturated heterocycles. The number of carbonyl (C=O) groups excluding carboxylic acids is 1. The van der Waals surface area contributed by atoms with Gasteiger partial charge < -0.3 is 5.32 Å². The number of aromatic nitrogens is 2. The average molecular weight is 268 g/mol. The van der Waals surface area contributed by atoms with E-state index in [-0.39, 0.29) is 16.2 Å². The Balaban J connectivity index is 2.20. The van der Waals surface area contributed by atoms with Crippen molar-refractivity contribution in [1.29, 1.82) is 0 Å². The Hall–Kier alpha value is -1.65. The van der Waals surface area contributed by atoms with E-state index in [9.17, 15) is 4.79 Å². The minimum Gasteiger partial charge on any atom is -0.307 e. The van der Waals surface area contributed by atoms with Crippen LogP contribution in [0.25, 0.3) is 0 Å². The molecule has 0 fully saturated rings. The fraction of sp³-hybridized carbons (Fsp3) is 0. The number of halogens is 2. The molecule has 0 saturated carbocycles. The Morgan fingerprint density at radius 1 is 1.18 bits per heavy atom. The summed E-state index contributed by atoms with van der Waals surface area (Å²) in [7, 11) is 0. The number of nitrogens with one attached hydrogen (secondary N) is 1. The largest absolute Gasteiger partial charge is 0.307 e. The molecule has 6 heteroatoms. The molecule has 0 aliphatic heterocycles. The second kappa shape index (κ2) is 5.12. The van der Waals surface area contributed by atoms with Gasteiger partial charge in [-0.25, -0.2) is 9.97 Å². The third kappa shape index (κ3) is 3.15. The standard InChI is InChI=1S/C11H7Cl2N3O/c12-8-5-7(6-9(13)15-8)11(17)16-10-3-1-2-4-14-10/h1-6H,(H,14,16,17). The molecule has 2 aromatic heterocycles. The van der Waals surface area contributed by atoms with Crippen molar-refractivity contribution in [3.8, 4) is 0 Å². The molecule has 86 valence electrons. The van der Waals surface area contributed by atoms with E-state index in [0.717, 1.165) is 0 Å². The van der Waals surface area contributed by atoms with E-state index >= 15 is 0 Å². The van der Waals surface area contributed by atoms with Gasteiger partial charge in [-0.05, 0) is 24.3 Å². The molecule has 2 aromatic rings. The lowest BCUT2D eigenvalue weighted by Crippen LogP contribution is -2.13. The van der Waals surface area contributed by atoms with Crippen LogP contribution in [-0.2, 0) is 0 Å². The van der Waals surface area contributed by atoms with Crippen LogP contribution in [-0.4, -0.2) is 15.9 Å². The van der Waals surface area contributed by atoms with Crippen LogP contribution in [0.2, 0.25) is 10.3 Å². The SMILES string of the molecule is O=C(Nc1ccccn1)c1cc(Cl)nc(Cl)c1. The maximum Gasteiger partial charge on any atom is 0.257 e. The first-order valence-electron chi connectivity index (χ1n) is 4.70. The summed E-state index contributed by atoms with van der Waals surface area (Å²) in [6.07, 6.45) is 1.59. The Morgan fingerprint density at radius 3 is 2.47 bits per heavy atom. The van der Waals surface area contributed by atoms with Crippen LogP contribution < -0.4 is 5.32 Å². The molecule has 0 spiro atoms. The van der Waals surface area contributed by atoms with Crippen molar-refractivity contribution in [3.63, 3.8) is 0 Å². The van der Waals surface area contributed by atoms with Gasteiger partial charge in [0.25, 0.3) is 5.91 Å². The number of amides is 1. The summed E-state index contributed by atoms with van der Waals surface area (Å²) in [6.45, 7) is 0. The number of hydrogen-bond acceptors (Lipinski definition) is 3. The van der Waals surface area contributed by atoms with E-state index in [1.807, 2.05) is 0 Å².